The Hall–Kier alpha value is -0.160. The molecule has 1 N–H and O–H groups in total. The Kier molecular flexibility index (Phi) is 7.83. The summed E-state index contributed by atoms with van der Waals surface area (Å²) in [5.74, 6) is 0. The summed E-state index contributed by atoms with van der Waals surface area (Å²) in [5.41, 5.74) is 2.77. The molecule has 0 spiro atoms. The van der Waals surface area contributed by atoms with Crippen LogP contribution >= 0.6 is 0 Å². The molecule has 0 aromatic carbocycles. The Labute approximate surface area is 67.8 Å². The minimum absolute atomic E-state index is 0.178. The van der Waals surface area contributed by atoms with E-state index < -0.39 is 0 Å². The van der Waals surface area contributed by atoms with Crippen molar-refractivity contribution in [2.24, 2.45) is 0 Å². The third-order valence-corrected chi connectivity index (χ3v) is 1.26. The third-order valence-electron chi connectivity index (χ3n) is 1.26. The van der Waals surface area contributed by atoms with Gasteiger partial charge in [0.15, 0.2) is 0 Å². The van der Waals surface area contributed by atoms with E-state index >= 15 is 0 Å². The molecule has 0 aliphatic carbocycles. The van der Waals surface area contributed by atoms with Crippen LogP contribution in [0.3, 0.4) is 0 Å². The lowest BCUT2D eigenvalue weighted by atomic mass is 10.4. The van der Waals surface area contributed by atoms with Crippen LogP contribution in [0.25, 0.3) is 0 Å². The second-order valence-electron chi connectivity index (χ2n) is 2.24. The Morgan fingerprint density at radius 1 is 1.27 bits per heavy atom. The first kappa shape index (κ1) is 10.8. The number of methoxy groups -OCH3 is 2. The summed E-state index contributed by atoms with van der Waals surface area (Å²) >= 11 is 0. The molecule has 0 radical (unpaired) electrons. The van der Waals surface area contributed by atoms with Gasteiger partial charge in [0.25, 0.3) is 0 Å². The predicted molar refractivity (Wildman–Crippen MR) is 42.3 cm³/mol. The van der Waals surface area contributed by atoms with Gasteiger partial charge in [0.05, 0.1) is 19.3 Å². The average Bonchev–Trinajstić information content (AvgIpc) is 2.04. The van der Waals surface area contributed by atoms with E-state index in [4.69, 9.17) is 14.3 Å². The maximum absolute atomic E-state index is 4.99. The van der Waals surface area contributed by atoms with Gasteiger partial charge < -0.3 is 9.47 Å². The number of hydroxylamine groups is 1. The van der Waals surface area contributed by atoms with Gasteiger partial charge in [0.1, 0.15) is 0 Å². The molecule has 0 aromatic rings. The van der Waals surface area contributed by atoms with Crippen LogP contribution in [0.5, 0.6) is 0 Å². The summed E-state index contributed by atoms with van der Waals surface area (Å²) in [6.07, 6.45) is 0.178. The summed E-state index contributed by atoms with van der Waals surface area (Å²) in [5, 5.41) is 0. The molecule has 1 atom stereocenters. The lowest BCUT2D eigenvalue weighted by Crippen LogP contribution is -2.27. The van der Waals surface area contributed by atoms with Crippen molar-refractivity contribution in [3.63, 3.8) is 0 Å². The highest BCUT2D eigenvalue weighted by atomic mass is 16.7. The number of hydrogen-bond donors (Lipinski definition) is 1. The standard InChI is InChI=1S/C7H17NO3/c1-7(10-3)6-8-11-5-4-9-2/h7-8H,4-6H2,1-3H3. The molecular weight excluding hydrogens is 146 g/mol. The van der Waals surface area contributed by atoms with Crippen molar-refractivity contribution in [1.29, 1.82) is 0 Å². The fourth-order valence-electron chi connectivity index (χ4n) is 0.457. The van der Waals surface area contributed by atoms with Crippen LogP contribution in [0.2, 0.25) is 0 Å². The fraction of sp³-hybridized carbons (Fsp3) is 1.00. The smallest absolute Gasteiger partial charge is 0.0915 e. The maximum Gasteiger partial charge on any atom is 0.0915 e. The quantitative estimate of drug-likeness (QED) is 0.429. The Morgan fingerprint density at radius 2 is 2.00 bits per heavy atom. The van der Waals surface area contributed by atoms with Gasteiger partial charge in [-0.3, -0.25) is 4.84 Å². The molecule has 4 nitrogen and oxygen atoms in total. The summed E-state index contributed by atoms with van der Waals surface area (Å²) in [4.78, 5) is 4.99. The van der Waals surface area contributed by atoms with Crippen molar-refractivity contribution >= 4 is 0 Å². The van der Waals surface area contributed by atoms with Crippen LogP contribution in [0.15, 0.2) is 0 Å². The van der Waals surface area contributed by atoms with Crippen LogP contribution in [-0.4, -0.2) is 40.1 Å². The van der Waals surface area contributed by atoms with Crippen LogP contribution in [0, 0.1) is 0 Å². The Balaban J connectivity index is 2.89. The van der Waals surface area contributed by atoms with E-state index in [1.165, 1.54) is 0 Å². The zero-order valence-corrected chi connectivity index (χ0v) is 7.42. The van der Waals surface area contributed by atoms with E-state index in [0.717, 1.165) is 0 Å². The molecule has 1 unspecified atom stereocenters. The number of ether oxygens (including phenoxy) is 2. The topological polar surface area (TPSA) is 39.7 Å². The molecule has 0 bridgehead atoms. The van der Waals surface area contributed by atoms with E-state index in [9.17, 15) is 0 Å². The second kappa shape index (κ2) is 7.94. The molecule has 0 aliphatic rings. The number of hydrogen-bond acceptors (Lipinski definition) is 4. The zero-order valence-electron chi connectivity index (χ0n) is 7.42. The van der Waals surface area contributed by atoms with E-state index in [2.05, 4.69) is 5.48 Å². The molecule has 68 valence electrons. The van der Waals surface area contributed by atoms with Gasteiger partial charge in [0.2, 0.25) is 0 Å². The van der Waals surface area contributed by atoms with Gasteiger partial charge >= 0.3 is 0 Å². The van der Waals surface area contributed by atoms with E-state index in [-0.39, 0.29) is 6.10 Å². The van der Waals surface area contributed by atoms with E-state index in [0.29, 0.717) is 19.8 Å². The lowest BCUT2D eigenvalue weighted by Gasteiger charge is -2.10. The molecule has 4 heteroatoms. The summed E-state index contributed by atoms with van der Waals surface area (Å²) in [6.45, 7) is 3.83. The van der Waals surface area contributed by atoms with Gasteiger partial charge in [-0.2, -0.15) is 5.48 Å². The van der Waals surface area contributed by atoms with Crippen LogP contribution in [0.1, 0.15) is 6.92 Å². The summed E-state index contributed by atoms with van der Waals surface area (Å²) in [7, 11) is 3.31. The lowest BCUT2D eigenvalue weighted by molar-refractivity contribution is -0.0151. The average molecular weight is 163 g/mol. The molecule has 11 heavy (non-hydrogen) atoms. The maximum atomic E-state index is 4.99. The third kappa shape index (κ3) is 7.74. The minimum Gasteiger partial charge on any atom is -0.382 e. The molecule has 0 saturated carbocycles. The van der Waals surface area contributed by atoms with Gasteiger partial charge in [-0.15, -0.1) is 0 Å². The fourth-order valence-corrected chi connectivity index (χ4v) is 0.457. The zero-order chi connectivity index (χ0) is 8.53. The highest BCUT2D eigenvalue weighted by Gasteiger charge is 1.96. The first-order valence-electron chi connectivity index (χ1n) is 3.67. The highest BCUT2D eigenvalue weighted by molar-refractivity contribution is 4.46. The molecule has 0 amide bonds. The molecular formula is C7H17NO3. The molecule has 0 fully saturated rings. The SMILES string of the molecule is COCCONCC(C)OC. The molecule has 0 aliphatic heterocycles. The van der Waals surface area contributed by atoms with Crippen molar-refractivity contribution in [2.75, 3.05) is 34.0 Å². The molecule has 0 aromatic heterocycles. The molecule has 0 heterocycles. The van der Waals surface area contributed by atoms with Crippen LogP contribution in [-0.2, 0) is 14.3 Å². The Bertz CT molecular complexity index is 80.1. The van der Waals surface area contributed by atoms with Gasteiger partial charge in [-0.1, -0.05) is 0 Å². The van der Waals surface area contributed by atoms with Crippen molar-refractivity contribution in [3.8, 4) is 0 Å². The van der Waals surface area contributed by atoms with E-state index in [1.807, 2.05) is 6.92 Å². The first-order chi connectivity index (χ1) is 5.31. The molecule has 0 rings (SSSR count). The highest BCUT2D eigenvalue weighted by Crippen LogP contribution is 1.83. The van der Waals surface area contributed by atoms with Crippen molar-refractivity contribution < 1.29 is 14.3 Å². The normalized spacial score (nSPS) is 13.4. The van der Waals surface area contributed by atoms with Crippen LogP contribution < -0.4 is 5.48 Å². The van der Waals surface area contributed by atoms with Crippen molar-refractivity contribution in [1.82, 2.24) is 5.48 Å². The molecule has 0 saturated heterocycles. The first-order valence-corrected chi connectivity index (χ1v) is 3.67. The Morgan fingerprint density at radius 3 is 2.55 bits per heavy atom. The number of rotatable bonds is 7. The van der Waals surface area contributed by atoms with Gasteiger partial charge in [0, 0.05) is 20.8 Å². The predicted octanol–water partition coefficient (Wildman–Crippen LogP) is 0.189. The van der Waals surface area contributed by atoms with Gasteiger partial charge in [-0.25, -0.2) is 0 Å². The van der Waals surface area contributed by atoms with Crippen molar-refractivity contribution in [2.45, 2.75) is 13.0 Å². The second-order valence-corrected chi connectivity index (χ2v) is 2.24. The van der Waals surface area contributed by atoms with Gasteiger partial charge in [-0.05, 0) is 6.92 Å². The summed E-state index contributed by atoms with van der Waals surface area (Å²) < 4.78 is 9.76. The largest absolute Gasteiger partial charge is 0.382 e. The van der Waals surface area contributed by atoms with E-state index in [1.54, 1.807) is 14.2 Å². The minimum atomic E-state index is 0.178. The monoisotopic (exact) mass is 163 g/mol. The van der Waals surface area contributed by atoms with Crippen LogP contribution in [0.4, 0.5) is 0 Å². The number of nitrogens with one attached hydrogen (secondary N) is 1. The summed E-state index contributed by atoms with van der Waals surface area (Å²) in [6, 6.07) is 0. The van der Waals surface area contributed by atoms with Crippen molar-refractivity contribution in [3.05, 3.63) is 0 Å².